The zero-order chi connectivity index (χ0) is 28.4. The fourth-order valence-corrected chi connectivity index (χ4v) is 8.55. The summed E-state index contributed by atoms with van der Waals surface area (Å²) in [6, 6.07) is 22.5. The molecule has 0 spiro atoms. The predicted molar refractivity (Wildman–Crippen MR) is 132 cm³/mol. The summed E-state index contributed by atoms with van der Waals surface area (Å²) in [4.78, 5) is 12.6. The Morgan fingerprint density at radius 1 is 0.684 bits per heavy atom. The summed E-state index contributed by atoms with van der Waals surface area (Å²) < 4.78 is 108. The van der Waals surface area contributed by atoms with Gasteiger partial charge in [-0.05, 0) is 67.5 Å². The highest BCUT2D eigenvalue weighted by Crippen LogP contribution is 2.70. The van der Waals surface area contributed by atoms with Crippen molar-refractivity contribution in [3.8, 4) is 0 Å². The van der Waals surface area contributed by atoms with Crippen LogP contribution in [-0.4, -0.2) is 31.9 Å². The first kappa shape index (κ1) is 29.6. The number of carbonyl (C=O) groups is 1. The van der Waals surface area contributed by atoms with E-state index < -0.39 is 49.3 Å². The van der Waals surface area contributed by atoms with E-state index in [1.165, 1.54) is 72.8 Å². The third-order valence-electron chi connectivity index (χ3n) is 5.19. The van der Waals surface area contributed by atoms with Crippen molar-refractivity contribution < 1.29 is 43.5 Å². The molecule has 3 aromatic rings. The molecule has 1 atom stereocenters. The second kappa shape index (κ2) is 10.7. The van der Waals surface area contributed by atoms with Gasteiger partial charge in [0.15, 0.2) is 0 Å². The minimum Gasteiger partial charge on any atom is -0.444 e. The molecule has 1 unspecified atom stereocenters. The van der Waals surface area contributed by atoms with Gasteiger partial charge < -0.3 is 4.74 Å². The van der Waals surface area contributed by atoms with Crippen molar-refractivity contribution in [1.82, 2.24) is 0 Å². The van der Waals surface area contributed by atoms with Crippen molar-refractivity contribution in [2.75, 3.05) is 0 Å². The van der Waals surface area contributed by atoms with E-state index in [0.717, 1.165) is 20.8 Å². The van der Waals surface area contributed by atoms with Gasteiger partial charge in [-0.15, -0.1) is 0 Å². The molecule has 0 fully saturated rings. The zero-order valence-electron chi connectivity index (χ0n) is 20.5. The van der Waals surface area contributed by atoms with Crippen LogP contribution in [-0.2, 0) is 23.3 Å². The first-order chi connectivity index (χ1) is 17.5. The first-order valence-corrected chi connectivity index (χ1v) is 14.1. The number of esters is 1. The van der Waals surface area contributed by atoms with Gasteiger partial charge in [-0.3, -0.25) is 4.79 Å². The van der Waals surface area contributed by atoms with Gasteiger partial charge in [-0.25, -0.2) is 3.63 Å². The van der Waals surface area contributed by atoms with Crippen LogP contribution in [0.25, 0.3) is 0 Å². The Morgan fingerprint density at radius 3 is 1.32 bits per heavy atom. The molecule has 3 aromatic carbocycles. The van der Waals surface area contributed by atoms with Gasteiger partial charge >= 0.3 is 27.5 Å². The molecule has 0 amide bonds. The molecule has 0 aromatic heterocycles. The quantitative estimate of drug-likeness (QED) is 0.207. The monoisotopic (exact) mass is 576 g/mol. The SMILES string of the molecule is CC(C)(C)C(=O)OC(C(F)(F)F)C(F)(F)S(=O)(=O)OS(c1ccccc1)(c1ccccc1)c1ccccc1. The lowest BCUT2D eigenvalue weighted by atomic mass is 9.97. The van der Waals surface area contributed by atoms with E-state index in [9.17, 15) is 26.4 Å². The lowest BCUT2D eigenvalue weighted by Crippen LogP contribution is -2.53. The summed E-state index contributed by atoms with van der Waals surface area (Å²) in [6.45, 7) is 3.42. The van der Waals surface area contributed by atoms with Gasteiger partial charge in [-0.2, -0.15) is 30.4 Å². The molecule has 12 heteroatoms. The van der Waals surface area contributed by atoms with Gasteiger partial charge in [0, 0.05) is 14.7 Å². The van der Waals surface area contributed by atoms with Crippen molar-refractivity contribution in [1.29, 1.82) is 0 Å². The number of halogens is 5. The number of benzene rings is 3. The molecule has 0 aliphatic carbocycles. The summed E-state index contributed by atoms with van der Waals surface area (Å²) in [5.41, 5.74) is -1.63. The van der Waals surface area contributed by atoms with Crippen LogP contribution < -0.4 is 0 Å². The van der Waals surface area contributed by atoms with Gasteiger partial charge in [0.05, 0.1) is 5.41 Å². The molecular weight excluding hydrogens is 551 g/mol. The highest BCUT2D eigenvalue weighted by Gasteiger charge is 2.68. The molecule has 206 valence electrons. The fraction of sp³-hybridized carbons (Fsp3) is 0.269. The Hall–Kier alpha value is -2.96. The molecule has 0 saturated heterocycles. The van der Waals surface area contributed by atoms with Gasteiger partial charge in [-0.1, -0.05) is 54.6 Å². The number of ether oxygens (including phenoxy) is 1. The summed E-state index contributed by atoms with van der Waals surface area (Å²) in [5.74, 6) is -1.66. The van der Waals surface area contributed by atoms with Crippen molar-refractivity contribution >= 4 is 26.4 Å². The van der Waals surface area contributed by atoms with Crippen molar-refractivity contribution in [2.24, 2.45) is 5.41 Å². The number of rotatable bonds is 8. The lowest BCUT2D eigenvalue weighted by molar-refractivity contribution is -0.261. The molecule has 0 aliphatic rings. The average molecular weight is 577 g/mol. The van der Waals surface area contributed by atoms with Gasteiger partial charge in [0.2, 0.25) is 0 Å². The third kappa shape index (κ3) is 5.87. The van der Waals surface area contributed by atoms with E-state index >= 15 is 8.78 Å². The number of hydrogen-bond acceptors (Lipinski definition) is 5. The summed E-state index contributed by atoms with van der Waals surface area (Å²) in [5, 5.41) is -5.71. The van der Waals surface area contributed by atoms with E-state index in [0.29, 0.717) is 0 Å². The molecular formula is C26H25F5O5S2. The molecule has 5 nitrogen and oxygen atoms in total. The first-order valence-electron chi connectivity index (χ1n) is 11.1. The predicted octanol–water partition coefficient (Wildman–Crippen LogP) is 7.34. The fourth-order valence-electron chi connectivity index (χ4n) is 3.28. The molecule has 38 heavy (non-hydrogen) atoms. The molecule has 0 aliphatic heterocycles. The van der Waals surface area contributed by atoms with E-state index in [2.05, 4.69) is 4.74 Å². The summed E-state index contributed by atoms with van der Waals surface area (Å²) in [6.07, 6.45) is -10.3. The summed E-state index contributed by atoms with van der Waals surface area (Å²) in [7, 11) is -10.0. The van der Waals surface area contributed by atoms with Gasteiger partial charge in [0.1, 0.15) is 0 Å². The second-order valence-electron chi connectivity index (χ2n) is 9.16. The standard InChI is InChI=1S/C26H25F5O5S2/c1-24(2,3)23(32)35-22(25(27,28)29)26(30,31)38(33,34)36-37(19-13-7-4-8-14-19,20-15-9-5-10-16-20)21-17-11-6-12-18-21/h4-18,22H,1-3H3. The Labute approximate surface area is 219 Å². The van der Waals surface area contributed by atoms with Gasteiger partial charge in [0.25, 0.3) is 6.10 Å². The van der Waals surface area contributed by atoms with E-state index in [1.807, 2.05) is 0 Å². The van der Waals surface area contributed by atoms with Crippen LogP contribution in [0, 0.1) is 5.41 Å². The highest BCUT2D eigenvalue weighted by atomic mass is 32.3. The maximum Gasteiger partial charge on any atom is 0.432 e. The Morgan fingerprint density at radius 2 is 1.03 bits per heavy atom. The van der Waals surface area contributed by atoms with Crippen LogP contribution in [0.2, 0.25) is 0 Å². The van der Waals surface area contributed by atoms with E-state index in [1.54, 1.807) is 18.2 Å². The zero-order valence-corrected chi connectivity index (χ0v) is 22.1. The van der Waals surface area contributed by atoms with E-state index in [4.69, 9.17) is 3.63 Å². The molecule has 3 rings (SSSR count). The molecule has 0 radical (unpaired) electrons. The van der Waals surface area contributed by atoms with Crippen LogP contribution in [0.3, 0.4) is 0 Å². The Balaban J connectivity index is 2.27. The smallest absolute Gasteiger partial charge is 0.432 e. The average Bonchev–Trinajstić information content (AvgIpc) is 2.85. The van der Waals surface area contributed by atoms with Crippen molar-refractivity contribution in [3.63, 3.8) is 0 Å². The van der Waals surface area contributed by atoms with Crippen LogP contribution in [0.1, 0.15) is 20.8 Å². The Bertz CT molecular complexity index is 1240. The Kier molecular flexibility index (Phi) is 8.30. The minimum atomic E-state index is -6.43. The second-order valence-corrected chi connectivity index (χ2v) is 13.7. The maximum atomic E-state index is 15.5. The largest absolute Gasteiger partial charge is 0.444 e. The number of alkyl halides is 5. The highest BCUT2D eigenvalue weighted by molar-refractivity contribution is 8.33. The maximum absolute atomic E-state index is 15.5. The lowest BCUT2D eigenvalue weighted by Gasteiger charge is -2.40. The minimum absolute atomic E-state index is 0.131. The van der Waals surface area contributed by atoms with Crippen LogP contribution >= 0.6 is 10.3 Å². The van der Waals surface area contributed by atoms with Crippen LogP contribution in [0.4, 0.5) is 22.0 Å². The molecule has 0 bridgehead atoms. The van der Waals surface area contributed by atoms with Crippen molar-refractivity contribution in [3.05, 3.63) is 91.0 Å². The third-order valence-corrected chi connectivity index (χ3v) is 10.4. The normalized spacial score (nSPS) is 14.5. The number of hydrogen-bond donors (Lipinski definition) is 0. The topological polar surface area (TPSA) is 69.7 Å². The molecule has 0 N–H and O–H groups in total. The van der Waals surface area contributed by atoms with Crippen LogP contribution in [0.15, 0.2) is 106 Å². The molecule has 0 heterocycles. The van der Waals surface area contributed by atoms with E-state index in [-0.39, 0.29) is 14.7 Å². The molecule has 0 saturated carbocycles. The van der Waals surface area contributed by atoms with Crippen LogP contribution in [0.5, 0.6) is 0 Å². The summed E-state index contributed by atoms with van der Waals surface area (Å²) >= 11 is 0. The number of carbonyl (C=O) groups excluding carboxylic acids is 1. The van der Waals surface area contributed by atoms with Crippen molar-refractivity contribution in [2.45, 2.75) is 53.0 Å².